The second-order valence-corrected chi connectivity index (χ2v) is 13.3. The van der Waals surface area contributed by atoms with Gasteiger partial charge in [-0.25, -0.2) is 8.42 Å². The largest absolute Gasteiger partial charge is 0.493 e. The predicted molar refractivity (Wildman–Crippen MR) is 150 cm³/mol. The number of aliphatic hydroxyl groups is 1. The van der Waals surface area contributed by atoms with Crippen LogP contribution < -0.4 is 14.8 Å². The van der Waals surface area contributed by atoms with Gasteiger partial charge in [0.05, 0.1) is 47.6 Å². The van der Waals surface area contributed by atoms with Crippen molar-refractivity contribution in [2.75, 3.05) is 13.7 Å². The van der Waals surface area contributed by atoms with E-state index in [4.69, 9.17) is 13.9 Å². The van der Waals surface area contributed by atoms with Crippen LogP contribution >= 0.6 is 0 Å². The molecule has 10 heteroatoms. The van der Waals surface area contributed by atoms with Crippen LogP contribution in [-0.4, -0.2) is 61.2 Å². The van der Waals surface area contributed by atoms with E-state index in [1.165, 1.54) is 10.4 Å². The molecule has 1 saturated carbocycles. The van der Waals surface area contributed by atoms with Crippen molar-refractivity contribution in [3.63, 3.8) is 0 Å². The molecule has 1 spiro atoms. The highest BCUT2D eigenvalue weighted by atomic mass is 32.2. The third-order valence-electron chi connectivity index (χ3n) is 9.60. The molecule has 1 saturated heterocycles. The summed E-state index contributed by atoms with van der Waals surface area (Å²) in [6, 6.07) is 11.4. The maximum Gasteiger partial charge on any atom is 0.244 e. The number of ether oxygens (including phenoxy) is 2. The number of sulfonamides is 1. The molecule has 0 radical (unpaired) electrons. The number of hydrogen-bond acceptors (Lipinski definition) is 7. The molecule has 2 aromatic carbocycles. The molecule has 2 aliphatic heterocycles. The van der Waals surface area contributed by atoms with Gasteiger partial charge in [0, 0.05) is 23.7 Å². The maximum atomic E-state index is 14.1. The van der Waals surface area contributed by atoms with Gasteiger partial charge in [0.2, 0.25) is 15.9 Å². The second-order valence-electron chi connectivity index (χ2n) is 11.5. The standard InChI is InChI=1S/C31H32N2O7S/c1-19-5-3-4-6-24(19)41(36,37)33-15-14-30-27-21-8-9-23(38-2)28(27)40-29(30)22(11-13-31(30,35)25(33)17-21)32-26(34)10-7-20-12-16-39-18-20/h3-10,12,16,18,22,25,29,35H,11,13-15,17H2,1-2H3,(H,32,34)/b10-7+/t22-,25-,29+,30+,31-/m1/s1. The molecule has 9 nitrogen and oxygen atoms in total. The minimum absolute atomic E-state index is 0.223. The Morgan fingerprint density at radius 3 is 2.78 bits per heavy atom. The first-order valence-electron chi connectivity index (χ1n) is 13.9. The van der Waals surface area contributed by atoms with Crippen LogP contribution in [0.15, 0.2) is 70.4 Å². The molecule has 3 aromatic rings. The van der Waals surface area contributed by atoms with E-state index in [2.05, 4.69) is 5.32 Å². The Labute approximate surface area is 238 Å². The van der Waals surface area contributed by atoms with Crippen molar-refractivity contribution in [3.05, 3.63) is 83.3 Å². The van der Waals surface area contributed by atoms with Crippen LogP contribution in [0.5, 0.6) is 11.5 Å². The lowest BCUT2D eigenvalue weighted by atomic mass is 9.48. The van der Waals surface area contributed by atoms with Crippen molar-refractivity contribution >= 4 is 22.0 Å². The number of methoxy groups -OCH3 is 1. The molecule has 41 heavy (non-hydrogen) atoms. The molecular weight excluding hydrogens is 544 g/mol. The average molecular weight is 577 g/mol. The maximum absolute atomic E-state index is 14.1. The summed E-state index contributed by atoms with van der Waals surface area (Å²) in [6.07, 6.45) is 7.07. The topological polar surface area (TPSA) is 118 Å². The molecule has 5 atom stereocenters. The number of aryl methyl sites for hydroxylation is 1. The van der Waals surface area contributed by atoms with E-state index < -0.39 is 39.2 Å². The number of nitrogens with zero attached hydrogens (tertiary/aromatic N) is 1. The molecule has 2 bridgehead atoms. The van der Waals surface area contributed by atoms with Gasteiger partial charge < -0.3 is 24.3 Å². The number of nitrogens with one attached hydrogen (secondary N) is 1. The van der Waals surface area contributed by atoms with Crippen LogP contribution in [0.1, 0.15) is 41.5 Å². The van der Waals surface area contributed by atoms with Crippen LogP contribution in [0.4, 0.5) is 0 Å². The van der Waals surface area contributed by atoms with Crippen LogP contribution in [0, 0.1) is 6.92 Å². The van der Waals surface area contributed by atoms with Crippen LogP contribution in [0.2, 0.25) is 0 Å². The second kappa shape index (κ2) is 9.20. The van der Waals surface area contributed by atoms with Crippen molar-refractivity contribution in [3.8, 4) is 11.5 Å². The summed E-state index contributed by atoms with van der Waals surface area (Å²) < 4.78 is 47.1. The highest BCUT2D eigenvalue weighted by Gasteiger charge is 2.74. The van der Waals surface area contributed by atoms with Crippen molar-refractivity contribution in [2.24, 2.45) is 0 Å². The molecule has 2 aliphatic carbocycles. The van der Waals surface area contributed by atoms with E-state index in [0.717, 1.165) is 16.7 Å². The lowest BCUT2D eigenvalue weighted by Gasteiger charge is -2.63. The van der Waals surface area contributed by atoms with Crippen molar-refractivity contribution in [1.82, 2.24) is 9.62 Å². The van der Waals surface area contributed by atoms with Crippen LogP contribution in [0.3, 0.4) is 0 Å². The molecule has 2 N–H and O–H groups in total. The Bertz CT molecular complexity index is 1670. The van der Waals surface area contributed by atoms with Crippen LogP contribution in [0.25, 0.3) is 6.08 Å². The fourth-order valence-corrected chi connectivity index (χ4v) is 9.73. The van der Waals surface area contributed by atoms with E-state index in [0.29, 0.717) is 42.7 Å². The van der Waals surface area contributed by atoms with Gasteiger partial charge in [-0.15, -0.1) is 0 Å². The highest BCUT2D eigenvalue weighted by molar-refractivity contribution is 7.89. The SMILES string of the molecule is COc1ccc2c3c1O[C@H]1[C@H](NC(=O)/C=C/c4ccoc4)CC[C@@]4(O)[C@@H](C2)N(S(=O)(=O)c2ccccc2C)CC[C@]314. The van der Waals surface area contributed by atoms with Gasteiger partial charge in [-0.2, -0.15) is 4.31 Å². The van der Waals surface area contributed by atoms with Crippen LogP contribution in [-0.2, 0) is 26.7 Å². The van der Waals surface area contributed by atoms with Gasteiger partial charge in [0.1, 0.15) is 6.10 Å². The van der Waals surface area contributed by atoms with Gasteiger partial charge in [-0.3, -0.25) is 4.79 Å². The average Bonchev–Trinajstić information content (AvgIpc) is 3.59. The van der Waals surface area contributed by atoms with E-state index in [-0.39, 0.29) is 17.3 Å². The molecule has 2 fully saturated rings. The van der Waals surface area contributed by atoms with Crippen molar-refractivity contribution < 1.29 is 32.2 Å². The van der Waals surface area contributed by atoms with E-state index in [9.17, 15) is 18.3 Å². The first-order valence-corrected chi connectivity index (χ1v) is 15.3. The smallest absolute Gasteiger partial charge is 0.244 e. The fraction of sp³-hybridized carbons (Fsp3) is 0.387. The fourth-order valence-electron chi connectivity index (χ4n) is 7.84. The van der Waals surface area contributed by atoms with Gasteiger partial charge >= 0.3 is 0 Å². The zero-order chi connectivity index (χ0) is 28.6. The number of amides is 1. The summed E-state index contributed by atoms with van der Waals surface area (Å²) in [6.45, 7) is 2.01. The van der Waals surface area contributed by atoms with Gasteiger partial charge in [0.15, 0.2) is 11.5 Å². The van der Waals surface area contributed by atoms with Gasteiger partial charge in [-0.1, -0.05) is 24.3 Å². The molecule has 4 aliphatic rings. The van der Waals surface area contributed by atoms with Gasteiger partial charge in [-0.05, 0) is 68.0 Å². The first-order chi connectivity index (χ1) is 19.7. The zero-order valence-electron chi connectivity index (χ0n) is 22.9. The van der Waals surface area contributed by atoms with E-state index >= 15 is 0 Å². The summed E-state index contributed by atoms with van der Waals surface area (Å²) in [5.41, 5.74) is 0.963. The van der Waals surface area contributed by atoms with E-state index in [1.807, 2.05) is 18.2 Å². The van der Waals surface area contributed by atoms with Crippen molar-refractivity contribution in [1.29, 1.82) is 0 Å². The quantitative estimate of drug-likeness (QED) is 0.432. The minimum atomic E-state index is -3.89. The molecular formula is C31H32N2O7S. The monoisotopic (exact) mass is 576 g/mol. The molecule has 0 unspecified atom stereocenters. The Morgan fingerprint density at radius 1 is 1.20 bits per heavy atom. The Kier molecular flexibility index (Phi) is 5.91. The molecule has 3 heterocycles. The first kappa shape index (κ1) is 26.3. The number of piperidine rings is 1. The molecule has 1 aromatic heterocycles. The third kappa shape index (κ3) is 3.60. The third-order valence-corrected chi connectivity index (χ3v) is 11.7. The number of benzene rings is 2. The molecule has 214 valence electrons. The molecule has 7 rings (SSSR count). The van der Waals surface area contributed by atoms with E-state index in [1.54, 1.807) is 56.9 Å². The number of carbonyl (C=O) groups excluding carboxylic acids is 1. The molecule has 1 amide bonds. The Morgan fingerprint density at radius 2 is 2.02 bits per heavy atom. The minimum Gasteiger partial charge on any atom is -0.493 e. The summed E-state index contributed by atoms with van der Waals surface area (Å²) in [7, 11) is -2.31. The number of furan rings is 1. The summed E-state index contributed by atoms with van der Waals surface area (Å²) in [5.74, 6) is 0.863. The Balaban J connectivity index is 1.30. The predicted octanol–water partition coefficient (Wildman–Crippen LogP) is 3.34. The number of hydrogen-bond donors (Lipinski definition) is 2. The lowest BCUT2D eigenvalue weighted by Crippen LogP contribution is -2.78. The lowest BCUT2D eigenvalue weighted by molar-refractivity contribution is -0.177. The zero-order valence-corrected chi connectivity index (χ0v) is 23.7. The number of rotatable bonds is 6. The highest BCUT2D eigenvalue weighted by Crippen LogP contribution is 2.65. The summed E-state index contributed by atoms with van der Waals surface area (Å²) in [4.78, 5) is 13.3. The van der Waals surface area contributed by atoms with Gasteiger partial charge in [0.25, 0.3) is 0 Å². The normalized spacial score (nSPS) is 30.1. The van der Waals surface area contributed by atoms with Crippen molar-refractivity contribution in [2.45, 2.75) is 66.7 Å². The summed E-state index contributed by atoms with van der Waals surface area (Å²) in [5, 5.41) is 15.9. The Hall–Kier alpha value is -3.60. The summed E-state index contributed by atoms with van der Waals surface area (Å²) >= 11 is 0. The number of carbonyl (C=O) groups is 1.